The number of aryl methyl sites for hydroxylation is 2. The number of nitrogens with one attached hydrogen (secondary N) is 2. The Hall–Kier alpha value is -1.56. The number of guanidine groups is 1. The number of hydrogen-bond acceptors (Lipinski definition) is 3. The first-order valence-corrected chi connectivity index (χ1v) is 10.4. The predicted molar refractivity (Wildman–Crippen MR) is 108 cm³/mol. The van der Waals surface area contributed by atoms with Gasteiger partial charge in [0.2, 0.25) is 0 Å². The lowest BCUT2D eigenvalue weighted by atomic mass is 9.82. The second-order valence-corrected chi connectivity index (χ2v) is 7.85. The van der Waals surface area contributed by atoms with E-state index in [4.69, 9.17) is 4.99 Å². The third-order valence-corrected chi connectivity index (χ3v) is 6.03. The van der Waals surface area contributed by atoms with Crippen molar-refractivity contribution in [3.05, 3.63) is 18.2 Å². The van der Waals surface area contributed by atoms with E-state index in [0.717, 1.165) is 56.3 Å². The van der Waals surface area contributed by atoms with Crippen LogP contribution in [0.15, 0.2) is 17.4 Å². The van der Waals surface area contributed by atoms with Crippen LogP contribution in [0, 0.1) is 6.92 Å². The Morgan fingerprint density at radius 2 is 2.04 bits per heavy atom. The van der Waals surface area contributed by atoms with Gasteiger partial charge in [-0.15, -0.1) is 0 Å². The van der Waals surface area contributed by atoms with Crippen LogP contribution in [0.2, 0.25) is 0 Å². The molecule has 2 fully saturated rings. The molecular weight excluding hydrogens is 324 g/mol. The molecule has 1 aromatic rings. The summed E-state index contributed by atoms with van der Waals surface area (Å²) in [4.78, 5) is 11.7. The Bertz CT molecular complexity index is 567. The van der Waals surface area contributed by atoms with Crippen LogP contribution in [0.3, 0.4) is 0 Å². The second-order valence-electron chi connectivity index (χ2n) is 7.85. The van der Waals surface area contributed by atoms with Gasteiger partial charge >= 0.3 is 0 Å². The summed E-state index contributed by atoms with van der Waals surface area (Å²) in [6, 6.07) is 2.07. The molecule has 6 heteroatoms. The molecule has 3 rings (SSSR count). The van der Waals surface area contributed by atoms with Crippen LogP contribution >= 0.6 is 0 Å². The van der Waals surface area contributed by atoms with Gasteiger partial charge in [0.05, 0.1) is 0 Å². The molecule has 2 aliphatic heterocycles. The van der Waals surface area contributed by atoms with E-state index in [-0.39, 0.29) is 0 Å². The number of unbranched alkanes of at least 4 members (excludes halogenated alkanes) is 1. The van der Waals surface area contributed by atoms with Crippen LogP contribution in [0.4, 0.5) is 0 Å². The highest BCUT2D eigenvalue weighted by molar-refractivity contribution is 5.80. The number of nitrogens with zero attached hydrogens (tertiary/aromatic N) is 4. The molecular formula is C20H36N6. The molecule has 0 saturated carbocycles. The van der Waals surface area contributed by atoms with Crippen molar-refractivity contribution >= 4 is 5.96 Å². The average Bonchev–Trinajstić information content (AvgIpc) is 3.00. The summed E-state index contributed by atoms with van der Waals surface area (Å²) in [6.45, 7) is 7.02. The molecule has 0 aliphatic carbocycles. The van der Waals surface area contributed by atoms with Crippen molar-refractivity contribution in [2.24, 2.45) is 4.99 Å². The molecule has 2 atom stereocenters. The first-order chi connectivity index (χ1) is 12.7. The van der Waals surface area contributed by atoms with Gasteiger partial charge in [0, 0.05) is 50.2 Å². The van der Waals surface area contributed by atoms with Crippen LogP contribution in [0.25, 0.3) is 0 Å². The Kier molecular flexibility index (Phi) is 6.94. The van der Waals surface area contributed by atoms with E-state index in [9.17, 15) is 0 Å². The second kappa shape index (κ2) is 9.40. The van der Waals surface area contributed by atoms with E-state index >= 15 is 0 Å². The highest BCUT2D eigenvalue weighted by Gasteiger charge is 2.36. The zero-order valence-electron chi connectivity index (χ0n) is 16.7. The number of imidazole rings is 1. The minimum Gasteiger partial charge on any atom is -0.357 e. The third kappa shape index (κ3) is 5.00. The van der Waals surface area contributed by atoms with Crippen molar-refractivity contribution in [3.8, 4) is 0 Å². The standard InChI is InChI=1S/C20H36N6/c1-4-21-20(23-10-5-6-12-26-13-11-22-16(26)2)24-17-14-18-8-7-9-19(15-17)25(18)3/h11,13,17-19H,4-10,12,14-15H2,1-3H3,(H2,21,23,24). The molecule has 146 valence electrons. The molecule has 6 nitrogen and oxygen atoms in total. The lowest BCUT2D eigenvalue weighted by Crippen LogP contribution is -2.56. The van der Waals surface area contributed by atoms with E-state index in [1.54, 1.807) is 0 Å². The fourth-order valence-corrected chi connectivity index (χ4v) is 4.47. The highest BCUT2D eigenvalue weighted by Crippen LogP contribution is 2.32. The van der Waals surface area contributed by atoms with Crippen molar-refractivity contribution in [1.82, 2.24) is 25.1 Å². The monoisotopic (exact) mass is 360 g/mol. The van der Waals surface area contributed by atoms with E-state index in [1.807, 2.05) is 6.20 Å². The highest BCUT2D eigenvalue weighted by atomic mass is 15.2. The summed E-state index contributed by atoms with van der Waals surface area (Å²) >= 11 is 0. The summed E-state index contributed by atoms with van der Waals surface area (Å²) in [5.74, 6) is 2.09. The zero-order valence-corrected chi connectivity index (χ0v) is 16.7. The van der Waals surface area contributed by atoms with Crippen molar-refractivity contribution in [1.29, 1.82) is 0 Å². The van der Waals surface area contributed by atoms with E-state index in [2.05, 4.69) is 52.2 Å². The Morgan fingerprint density at radius 3 is 2.69 bits per heavy atom. The van der Waals surface area contributed by atoms with Gasteiger partial charge in [-0.05, 0) is 59.4 Å². The molecule has 0 spiro atoms. The topological polar surface area (TPSA) is 57.5 Å². The quantitative estimate of drug-likeness (QED) is 0.446. The fraction of sp³-hybridized carbons (Fsp3) is 0.800. The molecule has 2 N–H and O–H groups in total. The van der Waals surface area contributed by atoms with Crippen molar-refractivity contribution in [2.75, 3.05) is 20.1 Å². The van der Waals surface area contributed by atoms with Gasteiger partial charge in [0.1, 0.15) is 5.82 Å². The lowest BCUT2D eigenvalue weighted by molar-refractivity contribution is 0.0526. The maximum absolute atomic E-state index is 4.82. The Balaban J connectivity index is 1.44. The van der Waals surface area contributed by atoms with Gasteiger partial charge in [-0.3, -0.25) is 4.99 Å². The van der Waals surface area contributed by atoms with Crippen LogP contribution in [-0.2, 0) is 6.54 Å². The number of rotatable bonds is 7. The van der Waals surface area contributed by atoms with Crippen molar-refractivity contribution in [2.45, 2.75) is 83.5 Å². The minimum atomic E-state index is 0.563. The summed E-state index contributed by atoms with van der Waals surface area (Å²) in [5.41, 5.74) is 0. The third-order valence-electron chi connectivity index (χ3n) is 6.03. The van der Waals surface area contributed by atoms with Gasteiger partial charge in [0.15, 0.2) is 5.96 Å². The number of hydrogen-bond donors (Lipinski definition) is 2. The number of aromatic nitrogens is 2. The van der Waals surface area contributed by atoms with Crippen LogP contribution in [-0.4, -0.2) is 58.7 Å². The summed E-state index contributed by atoms with van der Waals surface area (Å²) in [5, 5.41) is 7.15. The van der Waals surface area contributed by atoms with Gasteiger partial charge in [-0.25, -0.2) is 4.98 Å². The number of fused-ring (bicyclic) bond motifs is 2. The summed E-state index contributed by atoms with van der Waals surface area (Å²) in [6.07, 6.45) is 12.8. The van der Waals surface area contributed by atoms with E-state index in [0.29, 0.717) is 6.04 Å². The van der Waals surface area contributed by atoms with Gasteiger partial charge in [-0.1, -0.05) is 6.42 Å². The first-order valence-electron chi connectivity index (χ1n) is 10.4. The zero-order chi connectivity index (χ0) is 18.4. The Morgan fingerprint density at radius 1 is 1.27 bits per heavy atom. The van der Waals surface area contributed by atoms with Crippen LogP contribution < -0.4 is 10.6 Å². The maximum atomic E-state index is 4.82. The van der Waals surface area contributed by atoms with Crippen LogP contribution in [0.5, 0.6) is 0 Å². The summed E-state index contributed by atoms with van der Waals surface area (Å²) < 4.78 is 2.21. The molecule has 3 heterocycles. The fourth-order valence-electron chi connectivity index (χ4n) is 4.47. The van der Waals surface area contributed by atoms with E-state index < -0.39 is 0 Å². The average molecular weight is 361 g/mol. The Labute approximate surface area is 158 Å². The van der Waals surface area contributed by atoms with Gasteiger partial charge in [0.25, 0.3) is 0 Å². The van der Waals surface area contributed by atoms with Crippen LogP contribution in [0.1, 0.15) is 57.7 Å². The normalized spacial score (nSPS) is 26.7. The molecule has 1 aromatic heterocycles. The van der Waals surface area contributed by atoms with Crippen molar-refractivity contribution < 1.29 is 0 Å². The largest absolute Gasteiger partial charge is 0.357 e. The molecule has 0 amide bonds. The molecule has 2 aliphatic rings. The predicted octanol–water partition coefficient (Wildman–Crippen LogP) is 2.54. The molecule has 0 radical (unpaired) electrons. The van der Waals surface area contributed by atoms with Gasteiger partial charge in [-0.2, -0.15) is 0 Å². The smallest absolute Gasteiger partial charge is 0.191 e. The first kappa shape index (κ1) is 19.2. The van der Waals surface area contributed by atoms with Gasteiger partial charge < -0.3 is 20.1 Å². The maximum Gasteiger partial charge on any atom is 0.191 e. The molecule has 2 bridgehead atoms. The minimum absolute atomic E-state index is 0.563. The molecule has 26 heavy (non-hydrogen) atoms. The molecule has 2 saturated heterocycles. The SMILES string of the molecule is CCNC(=NCCCCn1ccnc1C)NC1CC2CCCC(C1)N2C. The number of aliphatic imine (C=N–C) groups is 1. The van der Waals surface area contributed by atoms with E-state index in [1.165, 1.54) is 32.1 Å². The van der Waals surface area contributed by atoms with Crippen molar-refractivity contribution in [3.63, 3.8) is 0 Å². The molecule has 2 unspecified atom stereocenters. The molecule has 0 aromatic carbocycles. The lowest BCUT2D eigenvalue weighted by Gasteiger charge is -2.47. The summed E-state index contributed by atoms with van der Waals surface area (Å²) in [7, 11) is 2.31. The number of piperidine rings is 2.